The zero-order valence-corrected chi connectivity index (χ0v) is 18.1. The molecular formula is C25H32FN3. The van der Waals surface area contributed by atoms with Crippen LogP contribution in [0.1, 0.15) is 42.7 Å². The largest absolute Gasteiger partial charge is 0.379 e. The molecule has 4 heteroatoms. The highest BCUT2D eigenvalue weighted by Gasteiger charge is 2.11. The lowest BCUT2D eigenvalue weighted by atomic mass is 10.0. The molecule has 1 heterocycles. The number of aromatic nitrogens is 1. The van der Waals surface area contributed by atoms with Crippen molar-refractivity contribution in [2.24, 2.45) is 0 Å². The van der Waals surface area contributed by atoms with E-state index in [2.05, 4.69) is 72.7 Å². The summed E-state index contributed by atoms with van der Waals surface area (Å²) >= 11 is 0. The maximum absolute atomic E-state index is 14.2. The van der Waals surface area contributed by atoms with Gasteiger partial charge in [-0.3, -0.25) is 4.98 Å². The number of halogens is 1. The first kappa shape index (κ1) is 22.4. The van der Waals surface area contributed by atoms with E-state index in [-0.39, 0.29) is 12.4 Å². The first-order valence-electron chi connectivity index (χ1n) is 10.1. The van der Waals surface area contributed by atoms with Gasteiger partial charge in [0.1, 0.15) is 5.82 Å². The average Bonchev–Trinajstić information content (AvgIpc) is 2.72. The van der Waals surface area contributed by atoms with Crippen LogP contribution in [0.15, 0.2) is 72.7 Å². The summed E-state index contributed by atoms with van der Waals surface area (Å²) in [6.45, 7) is 15.4. The van der Waals surface area contributed by atoms with Crippen LogP contribution in [0.4, 0.5) is 4.39 Å². The van der Waals surface area contributed by atoms with E-state index < -0.39 is 0 Å². The van der Waals surface area contributed by atoms with E-state index >= 15 is 0 Å². The Labute approximate surface area is 174 Å². The first-order valence-corrected chi connectivity index (χ1v) is 10.1. The maximum atomic E-state index is 14.2. The Morgan fingerprint density at radius 2 is 1.79 bits per heavy atom. The summed E-state index contributed by atoms with van der Waals surface area (Å²) in [5.74, 6) is -0.278. The molecule has 0 aliphatic carbocycles. The van der Waals surface area contributed by atoms with Gasteiger partial charge in [-0.15, -0.1) is 0 Å². The Balaban J connectivity index is 2.10. The van der Waals surface area contributed by atoms with Gasteiger partial charge in [0.15, 0.2) is 0 Å². The lowest BCUT2D eigenvalue weighted by Crippen LogP contribution is -2.19. The number of aryl methyl sites for hydroxylation is 2. The fourth-order valence-electron chi connectivity index (χ4n) is 3.01. The molecule has 0 unspecified atom stereocenters. The Morgan fingerprint density at radius 1 is 1.14 bits per heavy atom. The predicted octanol–water partition coefficient (Wildman–Crippen LogP) is 5.68. The number of rotatable bonds is 10. The molecule has 1 aromatic heterocycles. The van der Waals surface area contributed by atoms with Crippen LogP contribution < -0.4 is 5.32 Å². The first-order chi connectivity index (χ1) is 13.8. The van der Waals surface area contributed by atoms with Gasteiger partial charge in [-0.05, 0) is 48.1 Å². The molecule has 29 heavy (non-hydrogen) atoms. The van der Waals surface area contributed by atoms with E-state index in [9.17, 15) is 4.39 Å². The summed E-state index contributed by atoms with van der Waals surface area (Å²) in [5, 5.41) is 3.21. The van der Waals surface area contributed by atoms with Gasteiger partial charge in [-0.1, -0.05) is 51.3 Å². The van der Waals surface area contributed by atoms with Crippen LogP contribution in [0.25, 0.3) is 0 Å². The summed E-state index contributed by atoms with van der Waals surface area (Å²) in [7, 11) is 2.03. The van der Waals surface area contributed by atoms with Crippen LogP contribution in [0.5, 0.6) is 0 Å². The van der Waals surface area contributed by atoms with Gasteiger partial charge in [0.05, 0.1) is 12.2 Å². The summed E-state index contributed by atoms with van der Waals surface area (Å²) in [4.78, 5) is 6.26. The Morgan fingerprint density at radius 3 is 2.41 bits per heavy atom. The molecule has 0 amide bonds. The van der Waals surface area contributed by atoms with Gasteiger partial charge < -0.3 is 10.2 Å². The molecular weight excluding hydrogens is 361 g/mol. The molecule has 0 aliphatic rings. The molecule has 0 radical (unpaired) electrons. The Hall–Kier alpha value is -2.88. The second-order valence-electron chi connectivity index (χ2n) is 7.31. The predicted molar refractivity (Wildman–Crippen MR) is 120 cm³/mol. The standard InChI is InChI=1S/C25H32FN3/c1-7-18(3)23(17-29(6)16-22-11-9-21(8-2)10-12-22)20(5)28-15-24-25(26)19(4)13-14-27-24/h9-14,17,28H,3,5,7-8,15-16H2,1-2,4,6H3/b23-17+. The van der Waals surface area contributed by atoms with Crippen LogP contribution in [0.2, 0.25) is 0 Å². The second-order valence-corrected chi connectivity index (χ2v) is 7.31. The smallest absolute Gasteiger partial charge is 0.149 e. The SMILES string of the molecule is C=C(CC)/C(=C\N(C)Cc1ccc(CC)cc1)C(=C)NCc1nccc(C)c1F. The second kappa shape index (κ2) is 10.6. The van der Waals surface area contributed by atoms with E-state index in [0.29, 0.717) is 17.0 Å². The van der Waals surface area contributed by atoms with E-state index in [0.717, 1.165) is 30.5 Å². The Bertz CT molecular complexity index is 881. The fraction of sp³-hybridized carbons (Fsp3) is 0.320. The molecule has 0 spiro atoms. The van der Waals surface area contributed by atoms with Crippen molar-refractivity contribution >= 4 is 0 Å². The maximum Gasteiger partial charge on any atom is 0.149 e. The van der Waals surface area contributed by atoms with Crippen LogP contribution in [-0.4, -0.2) is 16.9 Å². The van der Waals surface area contributed by atoms with Gasteiger partial charge in [0, 0.05) is 37.3 Å². The quantitative estimate of drug-likeness (QED) is 0.527. The van der Waals surface area contributed by atoms with Gasteiger partial charge in [0.2, 0.25) is 0 Å². The molecule has 0 atom stereocenters. The zero-order chi connectivity index (χ0) is 21.4. The highest BCUT2D eigenvalue weighted by Crippen LogP contribution is 2.20. The van der Waals surface area contributed by atoms with E-state index in [1.54, 1.807) is 19.2 Å². The van der Waals surface area contributed by atoms with Gasteiger partial charge in [0.25, 0.3) is 0 Å². The molecule has 3 nitrogen and oxygen atoms in total. The third-order valence-corrected chi connectivity index (χ3v) is 4.97. The molecule has 0 fully saturated rings. The van der Waals surface area contributed by atoms with Crippen molar-refractivity contribution in [1.29, 1.82) is 0 Å². The minimum Gasteiger partial charge on any atom is -0.379 e. The summed E-state index contributed by atoms with van der Waals surface area (Å²) in [6, 6.07) is 10.3. The van der Waals surface area contributed by atoms with Crippen LogP contribution in [0.3, 0.4) is 0 Å². The number of benzene rings is 1. The number of hydrogen-bond acceptors (Lipinski definition) is 3. The average molecular weight is 394 g/mol. The zero-order valence-electron chi connectivity index (χ0n) is 18.1. The van der Waals surface area contributed by atoms with Crippen LogP contribution in [0, 0.1) is 12.7 Å². The number of hydrogen-bond donors (Lipinski definition) is 1. The van der Waals surface area contributed by atoms with Crippen molar-refractivity contribution in [2.45, 2.75) is 46.7 Å². The lowest BCUT2D eigenvalue weighted by Gasteiger charge is -2.20. The molecule has 0 aliphatic heterocycles. The van der Waals surface area contributed by atoms with Gasteiger partial charge >= 0.3 is 0 Å². The van der Waals surface area contributed by atoms with Crippen molar-refractivity contribution in [3.8, 4) is 0 Å². The van der Waals surface area contributed by atoms with Crippen LogP contribution >= 0.6 is 0 Å². The van der Waals surface area contributed by atoms with Crippen LogP contribution in [-0.2, 0) is 19.5 Å². The van der Waals surface area contributed by atoms with Crippen molar-refractivity contribution in [3.05, 3.63) is 101 Å². The van der Waals surface area contributed by atoms with Gasteiger partial charge in [-0.25, -0.2) is 4.39 Å². The monoisotopic (exact) mass is 393 g/mol. The number of nitrogens with zero attached hydrogens (tertiary/aromatic N) is 2. The Kier molecular flexibility index (Phi) is 8.20. The normalized spacial score (nSPS) is 11.3. The molecule has 0 saturated heterocycles. The molecule has 0 bridgehead atoms. The molecule has 2 aromatic rings. The molecule has 1 aromatic carbocycles. The summed E-state index contributed by atoms with van der Waals surface area (Å²) in [5.41, 5.74) is 6.19. The topological polar surface area (TPSA) is 28.2 Å². The van der Waals surface area contributed by atoms with E-state index in [1.807, 2.05) is 7.05 Å². The van der Waals surface area contributed by atoms with Crippen molar-refractivity contribution < 1.29 is 4.39 Å². The minimum atomic E-state index is -0.278. The lowest BCUT2D eigenvalue weighted by molar-refractivity contribution is 0.447. The van der Waals surface area contributed by atoms with Crippen molar-refractivity contribution in [1.82, 2.24) is 15.2 Å². The summed E-state index contributed by atoms with van der Waals surface area (Å²) < 4.78 is 14.2. The number of pyridine rings is 1. The van der Waals surface area contributed by atoms with Crippen molar-refractivity contribution in [2.75, 3.05) is 7.05 Å². The molecule has 2 rings (SSSR count). The van der Waals surface area contributed by atoms with E-state index in [1.165, 1.54) is 11.1 Å². The van der Waals surface area contributed by atoms with Crippen molar-refractivity contribution in [3.63, 3.8) is 0 Å². The highest BCUT2D eigenvalue weighted by atomic mass is 19.1. The van der Waals surface area contributed by atoms with E-state index in [4.69, 9.17) is 0 Å². The van der Waals surface area contributed by atoms with Gasteiger partial charge in [-0.2, -0.15) is 0 Å². The minimum absolute atomic E-state index is 0.278. The molecule has 154 valence electrons. The highest BCUT2D eigenvalue weighted by molar-refractivity contribution is 5.43. The number of allylic oxidation sites excluding steroid dienone is 1. The number of nitrogens with one attached hydrogen (secondary N) is 1. The summed E-state index contributed by atoms with van der Waals surface area (Å²) in [6.07, 6.45) is 5.52. The molecule has 0 saturated carbocycles. The molecule has 1 N–H and O–H groups in total. The third-order valence-electron chi connectivity index (χ3n) is 4.97. The third kappa shape index (κ3) is 6.31. The fourth-order valence-corrected chi connectivity index (χ4v) is 3.01.